The lowest BCUT2D eigenvalue weighted by atomic mass is 10.1. The van der Waals surface area contributed by atoms with E-state index in [0.29, 0.717) is 17.9 Å². The summed E-state index contributed by atoms with van der Waals surface area (Å²) >= 11 is 0. The monoisotopic (exact) mass is 285 g/mol. The quantitative estimate of drug-likeness (QED) is 0.935. The Morgan fingerprint density at radius 3 is 2.55 bits per heavy atom. The third-order valence-corrected chi connectivity index (χ3v) is 2.72. The van der Waals surface area contributed by atoms with Crippen molar-refractivity contribution in [2.45, 2.75) is 26.6 Å². The van der Waals surface area contributed by atoms with Gasteiger partial charge >= 0.3 is 6.36 Å². The van der Waals surface area contributed by atoms with E-state index < -0.39 is 12.1 Å². The molecule has 1 heterocycles. The van der Waals surface area contributed by atoms with Gasteiger partial charge in [-0.3, -0.25) is 4.79 Å². The van der Waals surface area contributed by atoms with Crippen molar-refractivity contribution in [3.8, 4) is 5.75 Å². The molecule has 0 spiro atoms. The minimum absolute atomic E-state index is 0.180. The maximum atomic E-state index is 12.1. The molecule has 0 amide bonds. The van der Waals surface area contributed by atoms with Gasteiger partial charge in [0.25, 0.3) is 0 Å². The first kappa shape index (κ1) is 14.4. The summed E-state index contributed by atoms with van der Waals surface area (Å²) in [5.41, 5.74) is 0.951. The number of pyridine rings is 1. The first-order valence-electron chi connectivity index (χ1n) is 6.16. The fourth-order valence-corrected chi connectivity index (χ4v) is 2.03. The van der Waals surface area contributed by atoms with Crippen molar-refractivity contribution >= 4 is 10.9 Å². The van der Waals surface area contributed by atoms with E-state index in [1.807, 2.05) is 13.8 Å². The topological polar surface area (TPSA) is 42.1 Å². The van der Waals surface area contributed by atoms with E-state index >= 15 is 0 Å². The predicted molar refractivity (Wildman–Crippen MR) is 69.8 cm³/mol. The third kappa shape index (κ3) is 3.53. The normalized spacial score (nSPS) is 12.1. The molecule has 0 aliphatic rings. The Morgan fingerprint density at radius 2 is 1.95 bits per heavy atom. The summed E-state index contributed by atoms with van der Waals surface area (Å²) in [6.45, 7) is 4.03. The van der Waals surface area contributed by atoms with Crippen molar-refractivity contribution in [1.82, 2.24) is 4.98 Å². The van der Waals surface area contributed by atoms with Gasteiger partial charge in [-0.05, 0) is 30.5 Å². The van der Waals surface area contributed by atoms with E-state index in [4.69, 9.17) is 0 Å². The molecule has 0 aliphatic heterocycles. The fraction of sp³-hybridized carbons (Fsp3) is 0.357. The second-order valence-corrected chi connectivity index (χ2v) is 5.01. The Bertz CT molecular complexity index is 674. The van der Waals surface area contributed by atoms with Crippen LogP contribution in [0.3, 0.4) is 0 Å². The summed E-state index contributed by atoms with van der Waals surface area (Å²) in [6.07, 6.45) is -4.07. The van der Waals surface area contributed by atoms with Gasteiger partial charge in [-0.1, -0.05) is 13.8 Å². The van der Waals surface area contributed by atoms with Crippen LogP contribution in [0.5, 0.6) is 5.75 Å². The minimum atomic E-state index is -4.77. The van der Waals surface area contributed by atoms with Crippen LogP contribution in [-0.2, 0) is 6.42 Å². The van der Waals surface area contributed by atoms with Gasteiger partial charge in [-0.15, -0.1) is 13.2 Å². The summed E-state index contributed by atoms with van der Waals surface area (Å²) in [5, 5.41) is 0.180. The molecule has 1 aromatic carbocycles. The van der Waals surface area contributed by atoms with Crippen LogP contribution >= 0.6 is 0 Å². The molecule has 0 radical (unpaired) electrons. The lowest BCUT2D eigenvalue weighted by Crippen LogP contribution is -2.17. The summed E-state index contributed by atoms with van der Waals surface area (Å²) < 4.78 is 40.2. The second-order valence-electron chi connectivity index (χ2n) is 5.01. The van der Waals surface area contributed by atoms with Crippen molar-refractivity contribution in [3.63, 3.8) is 0 Å². The predicted octanol–water partition coefficient (Wildman–Crippen LogP) is 3.63. The van der Waals surface area contributed by atoms with E-state index in [1.54, 1.807) is 0 Å². The molecule has 2 aromatic rings. The number of aromatic amines is 1. The number of alkyl halides is 3. The zero-order chi connectivity index (χ0) is 14.9. The molecule has 1 aromatic heterocycles. The highest BCUT2D eigenvalue weighted by Crippen LogP contribution is 2.24. The average molecular weight is 285 g/mol. The molecule has 6 heteroatoms. The molecule has 0 unspecified atom stereocenters. The number of nitrogens with one attached hydrogen (secondary N) is 1. The van der Waals surface area contributed by atoms with E-state index in [-0.39, 0.29) is 10.8 Å². The third-order valence-electron chi connectivity index (χ3n) is 2.72. The van der Waals surface area contributed by atoms with Crippen molar-refractivity contribution in [1.29, 1.82) is 0 Å². The number of benzene rings is 1. The molecule has 0 saturated heterocycles. The number of halogens is 3. The lowest BCUT2D eigenvalue weighted by Gasteiger charge is -2.10. The maximum absolute atomic E-state index is 12.1. The van der Waals surface area contributed by atoms with Crippen LogP contribution < -0.4 is 10.2 Å². The molecule has 3 nitrogen and oxygen atoms in total. The molecule has 20 heavy (non-hydrogen) atoms. The van der Waals surface area contributed by atoms with Gasteiger partial charge in [-0.2, -0.15) is 0 Å². The zero-order valence-corrected chi connectivity index (χ0v) is 11.0. The van der Waals surface area contributed by atoms with E-state index in [9.17, 15) is 18.0 Å². The van der Waals surface area contributed by atoms with Crippen molar-refractivity contribution in [3.05, 3.63) is 40.2 Å². The number of rotatable bonds is 3. The van der Waals surface area contributed by atoms with E-state index in [1.165, 1.54) is 18.2 Å². The number of hydrogen-bond acceptors (Lipinski definition) is 2. The molecule has 0 fully saturated rings. The Labute approximate surface area is 113 Å². The van der Waals surface area contributed by atoms with Gasteiger partial charge in [0.15, 0.2) is 5.43 Å². The summed E-state index contributed by atoms with van der Waals surface area (Å²) in [4.78, 5) is 15.0. The average Bonchev–Trinajstić information content (AvgIpc) is 2.27. The van der Waals surface area contributed by atoms with Crippen molar-refractivity contribution < 1.29 is 17.9 Å². The molecule has 0 atom stereocenters. The first-order chi connectivity index (χ1) is 9.24. The van der Waals surface area contributed by atoms with Crippen LogP contribution in [0.25, 0.3) is 10.9 Å². The number of hydrogen-bond donors (Lipinski definition) is 1. The van der Waals surface area contributed by atoms with Crippen molar-refractivity contribution in [2.24, 2.45) is 5.92 Å². The first-order valence-corrected chi connectivity index (χ1v) is 6.16. The van der Waals surface area contributed by atoms with E-state index in [0.717, 1.165) is 11.8 Å². The lowest BCUT2D eigenvalue weighted by molar-refractivity contribution is -0.274. The van der Waals surface area contributed by atoms with Crippen LogP contribution in [0.1, 0.15) is 19.5 Å². The number of fused-ring (bicyclic) bond motifs is 1. The van der Waals surface area contributed by atoms with Crippen LogP contribution in [0.4, 0.5) is 13.2 Å². The van der Waals surface area contributed by atoms with Crippen LogP contribution in [-0.4, -0.2) is 11.3 Å². The van der Waals surface area contributed by atoms with Crippen molar-refractivity contribution in [2.75, 3.05) is 0 Å². The summed E-state index contributed by atoms with van der Waals surface area (Å²) in [7, 11) is 0. The smallest absolute Gasteiger partial charge is 0.406 e. The highest BCUT2D eigenvalue weighted by Gasteiger charge is 2.31. The zero-order valence-electron chi connectivity index (χ0n) is 11.0. The van der Waals surface area contributed by atoms with Gasteiger partial charge in [0.1, 0.15) is 5.75 Å². The Hall–Kier alpha value is -1.98. The fourth-order valence-electron chi connectivity index (χ4n) is 2.03. The van der Waals surface area contributed by atoms with Gasteiger partial charge in [-0.25, -0.2) is 0 Å². The Morgan fingerprint density at radius 1 is 1.25 bits per heavy atom. The van der Waals surface area contributed by atoms with Gasteiger partial charge in [0.05, 0.1) is 0 Å². The maximum Gasteiger partial charge on any atom is 0.573 e. The molecular weight excluding hydrogens is 271 g/mol. The molecule has 108 valence electrons. The number of ether oxygens (including phenoxy) is 1. The SMILES string of the molecule is CC(C)Cc1cc(=O)c2cc(OC(F)(F)F)ccc2[nH]1. The molecule has 1 N–H and O–H groups in total. The highest BCUT2D eigenvalue weighted by atomic mass is 19.4. The summed E-state index contributed by atoms with van der Waals surface area (Å²) in [6, 6.07) is 5.12. The molecule has 0 aliphatic carbocycles. The Kier molecular flexibility index (Phi) is 3.74. The number of H-pyrrole nitrogens is 1. The number of aromatic nitrogens is 1. The van der Waals surface area contributed by atoms with Crippen LogP contribution in [0.15, 0.2) is 29.1 Å². The van der Waals surface area contributed by atoms with E-state index in [2.05, 4.69) is 9.72 Å². The standard InChI is InChI=1S/C14H14F3NO2/c1-8(2)5-9-6-13(19)11-7-10(20-14(15,16)17)3-4-12(11)18-9/h3-4,6-8H,5H2,1-2H3,(H,18,19). The minimum Gasteiger partial charge on any atom is -0.406 e. The van der Waals surface area contributed by atoms with Crippen LogP contribution in [0, 0.1) is 5.92 Å². The molecular formula is C14H14F3NO2. The summed E-state index contributed by atoms with van der Waals surface area (Å²) in [5.74, 6) is -0.0250. The van der Waals surface area contributed by atoms with Gasteiger partial charge < -0.3 is 9.72 Å². The largest absolute Gasteiger partial charge is 0.573 e. The Balaban J connectivity index is 2.44. The molecule has 2 rings (SSSR count). The molecule has 0 bridgehead atoms. The highest BCUT2D eigenvalue weighted by molar-refractivity contribution is 5.80. The molecule has 0 saturated carbocycles. The van der Waals surface area contributed by atoms with Gasteiger partial charge in [0.2, 0.25) is 0 Å². The van der Waals surface area contributed by atoms with Crippen LogP contribution in [0.2, 0.25) is 0 Å². The second kappa shape index (κ2) is 5.19. The van der Waals surface area contributed by atoms with Gasteiger partial charge in [0, 0.05) is 22.7 Å².